The lowest BCUT2D eigenvalue weighted by molar-refractivity contribution is -0.126. The molecule has 1 saturated heterocycles. The maximum Gasteiger partial charge on any atom is 0.241 e. The Morgan fingerprint density at radius 1 is 1.21 bits per heavy atom. The zero-order valence-corrected chi connectivity index (χ0v) is 19.4. The molecule has 1 N–H and O–H groups in total. The summed E-state index contributed by atoms with van der Waals surface area (Å²) in [6, 6.07) is 16.1. The summed E-state index contributed by atoms with van der Waals surface area (Å²) in [5.41, 5.74) is 3.31. The van der Waals surface area contributed by atoms with Crippen molar-refractivity contribution in [2.45, 2.75) is 39.2 Å². The van der Waals surface area contributed by atoms with Crippen LogP contribution in [0.1, 0.15) is 36.3 Å². The molecule has 0 saturated carbocycles. The van der Waals surface area contributed by atoms with Crippen LogP contribution in [0.3, 0.4) is 0 Å². The van der Waals surface area contributed by atoms with Crippen LogP contribution in [0.15, 0.2) is 53.1 Å². The third-order valence-corrected chi connectivity index (χ3v) is 6.13. The highest BCUT2D eigenvalue weighted by atomic mass is 16.5. The van der Waals surface area contributed by atoms with E-state index < -0.39 is 0 Å². The average molecular weight is 449 g/mol. The van der Waals surface area contributed by atoms with Gasteiger partial charge >= 0.3 is 0 Å². The topological polar surface area (TPSA) is 80.5 Å². The maximum atomic E-state index is 12.7. The van der Waals surface area contributed by atoms with Crippen LogP contribution in [0.5, 0.6) is 5.75 Å². The number of likely N-dealkylation sites (tertiary alicyclic amines) is 1. The van der Waals surface area contributed by atoms with Gasteiger partial charge < -0.3 is 14.6 Å². The summed E-state index contributed by atoms with van der Waals surface area (Å²) in [6.45, 7) is 4.92. The van der Waals surface area contributed by atoms with Gasteiger partial charge in [0.25, 0.3) is 0 Å². The molecule has 1 aliphatic heterocycles. The van der Waals surface area contributed by atoms with Crippen LogP contribution < -0.4 is 10.1 Å². The van der Waals surface area contributed by atoms with Crippen LogP contribution in [0.2, 0.25) is 0 Å². The molecule has 7 nitrogen and oxygen atoms in total. The Labute approximate surface area is 195 Å². The van der Waals surface area contributed by atoms with Gasteiger partial charge in [0.2, 0.25) is 17.6 Å². The van der Waals surface area contributed by atoms with Gasteiger partial charge in [0.1, 0.15) is 5.75 Å². The number of benzene rings is 2. The van der Waals surface area contributed by atoms with Crippen molar-refractivity contribution in [3.63, 3.8) is 0 Å². The molecule has 2 heterocycles. The lowest BCUT2D eigenvalue weighted by Gasteiger charge is -2.30. The van der Waals surface area contributed by atoms with E-state index in [4.69, 9.17) is 9.26 Å². The van der Waals surface area contributed by atoms with E-state index in [0.717, 1.165) is 43.5 Å². The van der Waals surface area contributed by atoms with Crippen LogP contribution >= 0.6 is 0 Å². The van der Waals surface area contributed by atoms with Crippen molar-refractivity contribution in [1.82, 2.24) is 20.4 Å². The highest BCUT2D eigenvalue weighted by Crippen LogP contribution is 2.21. The Bertz CT molecular complexity index is 1050. The molecule has 174 valence electrons. The molecular weight excluding hydrogens is 416 g/mol. The molecule has 4 rings (SSSR count). The van der Waals surface area contributed by atoms with Gasteiger partial charge in [-0.05, 0) is 50.8 Å². The van der Waals surface area contributed by atoms with Crippen LogP contribution in [0.4, 0.5) is 0 Å². The third kappa shape index (κ3) is 6.20. The van der Waals surface area contributed by atoms with E-state index in [1.807, 2.05) is 42.5 Å². The number of methoxy groups -OCH3 is 1. The smallest absolute Gasteiger partial charge is 0.241 e. The van der Waals surface area contributed by atoms with Gasteiger partial charge in [-0.3, -0.25) is 9.69 Å². The second-order valence-corrected chi connectivity index (χ2v) is 8.66. The van der Waals surface area contributed by atoms with Crippen LogP contribution in [0.25, 0.3) is 11.4 Å². The molecule has 1 atom stereocenters. The summed E-state index contributed by atoms with van der Waals surface area (Å²) in [7, 11) is 1.69. The largest absolute Gasteiger partial charge is 0.496 e. The maximum absolute atomic E-state index is 12.7. The summed E-state index contributed by atoms with van der Waals surface area (Å²) < 4.78 is 10.9. The molecule has 33 heavy (non-hydrogen) atoms. The zero-order valence-electron chi connectivity index (χ0n) is 19.4. The van der Waals surface area contributed by atoms with Crippen molar-refractivity contribution in [2.75, 3.05) is 26.7 Å². The number of nitrogens with zero attached hydrogens (tertiary/aromatic N) is 3. The Balaban J connectivity index is 1.23. The number of carbonyl (C=O) groups excluding carboxylic acids is 1. The minimum atomic E-state index is -0.00972. The fraction of sp³-hybridized carbons (Fsp3) is 0.423. The fourth-order valence-corrected chi connectivity index (χ4v) is 4.29. The quantitative estimate of drug-likeness (QED) is 0.498. The molecule has 0 radical (unpaired) electrons. The first-order chi connectivity index (χ1) is 16.1. The summed E-state index contributed by atoms with van der Waals surface area (Å²) in [6.07, 6.45) is 3.65. The van der Waals surface area contributed by atoms with Gasteiger partial charge in [-0.15, -0.1) is 0 Å². The van der Waals surface area contributed by atoms with Gasteiger partial charge in [0, 0.05) is 18.7 Å². The van der Waals surface area contributed by atoms with Crippen molar-refractivity contribution in [2.24, 2.45) is 5.92 Å². The number of piperidine rings is 1. The Morgan fingerprint density at radius 3 is 2.85 bits per heavy atom. The van der Waals surface area contributed by atoms with Crippen LogP contribution in [0, 0.1) is 12.8 Å². The van der Waals surface area contributed by atoms with Crippen molar-refractivity contribution in [3.8, 4) is 17.1 Å². The van der Waals surface area contributed by atoms with Crippen molar-refractivity contribution in [1.29, 1.82) is 0 Å². The van der Waals surface area contributed by atoms with E-state index in [-0.39, 0.29) is 11.8 Å². The van der Waals surface area contributed by atoms with E-state index in [1.165, 1.54) is 11.1 Å². The van der Waals surface area contributed by atoms with Gasteiger partial charge in [-0.2, -0.15) is 4.98 Å². The number of carbonyl (C=O) groups is 1. The van der Waals surface area contributed by atoms with E-state index in [1.54, 1.807) is 7.11 Å². The van der Waals surface area contributed by atoms with Crippen molar-refractivity contribution < 1.29 is 14.1 Å². The molecule has 1 fully saturated rings. The molecule has 3 aromatic rings. The fourth-order valence-electron chi connectivity index (χ4n) is 4.29. The predicted octanol–water partition coefficient (Wildman–Crippen LogP) is 4.01. The molecule has 0 aliphatic carbocycles. The number of aromatic nitrogens is 2. The number of hydrogen-bond acceptors (Lipinski definition) is 6. The van der Waals surface area contributed by atoms with Gasteiger partial charge in [0.15, 0.2) is 0 Å². The normalized spacial score (nSPS) is 16.5. The van der Waals surface area contributed by atoms with Crippen LogP contribution in [-0.4, -0.2) is 47.7 Å². The summed E-state index contributed by atoms with van der Waals surface area (Å²) >= 11 is 0. The first-order valence-electron chi connectivity index (χ1n) is 11.6. The Kier molecular flexibility index (Phi) is 7.73. The Morgan fingerprint density at radius 2 is 2.03 bits per heavy atom. The molecular formula is C26H32N4O3. The standard InChI is InChI=1S/C26H32N4O3/c1-19-11-13-21(14-12-19)25-28-24(33-29-25)18-30-16-6-9-22(17-30)26(31)27-15-5-8-20-7-3-4-10-23(20)32-2/h3-4,7,10-14,22H,5-6,8-9,15-18H2,1-2H3,(H,27,31). The number of rotatable bonds is 9. The monoisotopic (exact) mass is 448 g/mol. The average Bonchev–Trinajstić information content (AvgIpc) is 3.31. The number of amides is 1. The molecule has 1 amide bonds. The summed E-state index contributed by atoms with van der Waals surface area (Å²) in [5, 5.41) is 7.24. The van der Waals surface area contributed by atoms with Crippen molar-refractivity contribution in [3.05, 3.63) is 65.5 Å². The third-order valence-electron chi connectivity index (χ3n) is 6.13. The zero-order chi connectivity index (χ0) is 23.0. The molecule has 0 spiro atoms. The SMILES string of the molecule is COc1ccccc1CCCNC(=O)C1CCCN(Cc2nc(-c3ccc(C)cc3)no2)C1. The summed E-state index contributed by atoms with van der Waals surface area (Å²) in [4.78, 5) is 19.5. The van der Waals surface area contributed by atoms with E-state index in [0.29, 0.717) is 31.3 Å². The number of aryl methyl sites for hydroxylation is 2. The first-order valence-corrected chi connectivity index (χ1v) is 11.6. The van der Waals surface area contributed by atoms with Gasteiger partial charge in [0.05, 0.1) is 19.6 Å². The minimum Gasteiger partial charge on any atom is -0.496 e. The number of nitrogens with one attached hydrogen (secondary N) is 1. The van der Waals surface area contributed by atoms with Crippen molar-refractivity contribution >= 4 is 5.91 Å². The first kappa shape index (κ1) is 23.0. The second-order valence-electron chi connectivity index (χ2n) is 8.66. The summed E-state index contributed by atoms with van der Waals surface area (Å²) in [5.74, 6) is 2.21. The molecule has 2 aromatic carbocycles. The molecule has 1 unspecified atom stereocenters. The molecule has 7 heteroatoms. The number of ether oxygens (including phenoxy) is 1. The predicted molar refractivity (Wildman–Crippen MR) is 127 cm³/mol. The second kappa shape index (κ2) is 11.1. The van der Waals surface area contributed by atoms with E-state index in [2.05, 4.69) is 33.3 Å². The van der Waals surface area contributed by atoms with E-state index in [9.17, 15) is 4.79 Å². The van der Waals surface area contributed by atoms with E-state index >= 15 is 0 Å². The Hall–Kier alpha value is -3.19. The highest BCUT2D eigenvalue weighted by molar-refractivity contribution is 5.78. The molecule has 1 aliphatic rings. The molecule has 1 aromatic heterocycles. The number of para-hydroxylation sites is 1. The van der Waals surface area contributed by atoms with Crippen LogP contribution in [-0.2, 0) is 17.8 Å². The molecule has 0 bridgehead atoms. The lowest BCUT2D eigenvalue weighted by Crippen LogP contribution is -2.43. The minimum absolute atomic E-state index is 0.00972. The highest BCUT2D eigenvalue weighted by Gasteiger charge is 2.26. The lowest BCUT2D eigenvalue weighted by atomic mass is 9.97. The van der Waals surface area contributed by atoms with Gasteiger partial charge in [-0.1, -0.05) is 53.2 Å². The van der Waals surface area contributed by atoms with Gasteiger partial charge in [-0.25, -0.2) is 0 Å². The number of hydrogen-bond donors (Lipinski definition) is 1.